The molecule has 0 saturated heterocycles. The summed E-state index contributed by atoms with van der Waals surface area (Å²) >= 11 is 2.64. The Morgan fingerprint density at radius 3 is 2.35 bits per heavy atom. The molecule has 31 heavy (non-hydrogen) atoms. The van der Waals surface area contributed by atoms with Gasteiger partial charge in [-0.3, -0.25) is 4.79 Å². The first-order valence-electron chi connectivity index (χ1n) is 9.30. The van der Waals surface area contributed by atoms with Crippen LogP contribution in [0.4, 0.5) is 13.9 Å². The molecule has 0 atom stereocenters. The average Bonchev–Trinajstić information content (AvgIpc) is 3.27. The molecule has 158 valence electrons. The molecule has 2 N–H and O–H groups in total. The number of thiazole rings is 2. The second kappa shape index (κ2) is 8.52. The van der Waals surface area contributed by atoms with Gasteiger partial charge in [0.25, 0.3) is 0 Å². The first kappa shape index (κ1) is 21.1. The largest absolute Gasteiger partial charge is 0.507 e. The summed E-state index contributed by atoms with van der Waals surface area (Å²) in [6.07, 6.45) is -0.460. The Morgan fingerprint density at radius 1 is 1.00 bits per heavy atom. The minimum absolute atomic E-state index is 0.0811. The molecule has 9 heteroatoms. The van der Waals surface area contributed by atoms with Gasteiger partial charge >= 0.3 is 0 Å². The molecule has 0 radical (unpaired) electrons. The third-order valence-corrected chi connectivity index (χ3v) is 6.62. The zero-order chi connectivity index (χ0) is 22.1. The van der Waals surface area contributed by atoms with Crippen molar-refractivity contribution >= 4 is 33.7 Å². The highest BCUT2D eigenvalue weighted by Gasteiger charge is 2.22. The maximum absolute atomic E-state index is 13.9. The standard InChI is InChI=1S/C22H17F2N3O2S2/c1-11-20(30-12(2)25-11)19-21(13-6-3-4-9-17(13)28)31-22(27-19)26-18(29)10-14-15(23)7-5-8-16(14)24/h3-9,28H,10H2,1-2H3,(H,26,27,29). The van der Waals surface area contributed by atoms with Gasteiger partial charge in [0.1, 0.15) is 23.1 Å². The first-order valence-corrected chi connectivity index (χ1v) is 10.9. The third kappa shape index (κ3) is 4.33. The van der Waals surface area contributed by atoms with Crippen LogP contribution in [0.15, 0.2) is 42.5 Å². The summed E-state index contributed by atoms with van der Waals surface area (Å²) in [6.45, 7) is 3.75. The van der Waals surface area contributed by atoms with Crippen molar-refractivity contribution in [3.05, 3.63) is 70.4 Å². The fourth-order valence-electron chi connectivity index (χ4n) is 3.15. The molecule has 0 bridgehead atoms. The molecule has 0 saturated carbocycles. The summed E-state index contributed by atoms with van der Waals surface area (Å²) in [6, 6.07) is 10.3. The number of anilines is 1. The van der Waals surface area contributed by atoms with Gasteiger partial charge in [0.15, 0.2) is 5.13 Å². The highest BCUT2D eigenvalue weighted by Crippen LogP contribution is 2.44. The highest BCUT2D eigenvalue weighted by molar-refractivity contribution is 7.20. The van der Waals surface area contributed by atoms with Crippen molar-refractivity contribution in [2.45, 2.75) is 20.3 Å². The quantitative estimate of drug-likeness (QED) is 0.402. The normalized spacial score (nSPS) is 11.0. The SMILES string of the molecule is Cc1nc(C)c(-c2nc(NC(=O)Cc3c(F)cccc3F)sc2-c2ccccc2O)s1. The maximum atomic E-state index is 13.9. The lowest BCUT2D eigenvalue weighted by Gasteiger charge is -2.04. The molecule has 0 aliphatic heterocycles. The van der Waals surface area contributed by atoms with E-state index in [-0.39, 0.29) is 16.4 Å². The number of rotatable bonds is 5. The van der Waals surface area contributed by atoms with E-state index in [0.29, 0.717) is 16.1 Å². The van der Waals surface area contributed by atoms with Gasteiger partial charge in [-0.15, -0.1) is 11.3 Å². The van der Waals surface area contributed by atoms with Gasteiger partial charge in [-0.25, -0.2) is 18.7 Å². The molecule has 0 spiro atoms. The van der Waals surface area contributed by atoms with E-state index in [1.165, 1.54) is 28.7 Å². The van der Waals surface area contributed by atoms with E-state index in [0.717, 1.165) is 27.7 Å². The van der Waals surface area contributed by atoms with Crippen LogP contribution in [0.2, 0.25) is 0 Å². The van der Waals surface area contributed by atoms with Crippen molar-refractivity contribution in [1.29, 1.82) is 0 Å². The number of hydrogen-bond donors (Lipinski definition) is 2. The Balaban J connectivity index is 1.71. The molecule has 0 fully saturated rings. The monoisotopic (exact) mass is 457 g/mol. The summed E-state index contributed by atoms with van der Waals surface area (Å²) in [5, 5.41) is 14.1. The summed E-state index contributed by atoms with van der Waals surface area (Å²) in [5.74, 6) is -2.07. The van der Waals surface area contributed by atoms with Crippen molar-refractivity contribution < 1.29 is 18.7 Å². The number of amides is 1. The van der Waals surface area contributed by atoms with E-state index in [1.807, 2.05) is 13.8 Å². The lowest BCUT2D eigenvalue weighted by atomic mass is 10.1. The molecule has 2 heterocycles. The number of benzene rings is 2. The molecular formula is C22H17F2N3O2S2. The number of carbonyl (C=O) groups is 1. The van der Waals surface area contributed by atoms with Gasteiger partial charge in [-0.1, -0.05) is 29.5 Å². The van der Waals surface area contributed by atoms with Crippen LogP contribution in [0.25, 0.3) is 21.0 Å². The highest BCUT2D eigenvalue weighted by atomic mass is 32.1. The van der Waals surface area contributed by atoms with Gasteiger partial charge < -0.3 is 10.4 Å². The van der Waals surface area contributed by atoms with E-state index in [1.54, 1.807) is 24.3 Å². The summed E-state index contributed by atoms with van der Waals surface area (Å²) < 4.78 is 27.8. The van der Waals surface area contributed by atoms with Crippen LogP contribution in [0.1, 0.15) is 16.3 Å². The van der Waals surface area contributed by atoms with Gasteiger partial charge in [-0.05, 0) is 38.1 Å². The Labute approximate surface area is 185 Å². The van der Waals surface area contributed by atoms with E-state index in [9.17, 15) is 18.7 Å². The number of nitrogens with one attached hydrogen (secondary N) is 1. The van der Waals surface area contributed by atoms with Crippen LogP contribution < -0.4 is 5.32 Å². The Morgan fingerprint density at radius 2 is 1.71 bits per heavy atom. The van der Waals surface area contributed by atoms with E-state index in [4.69, 9.17) is 0 Å². The minimum Gasteiger partial charge on any atom is -0.507 e. The molecular weight excluding hydrogens is 440 g/mol. The zero-order valence-corrected chi connectivity index (χ0v) is 18.2. The van der Waals surface area contributed by atoms with Crippen LogP contribution in [0, 0.1) is 25.5 Å². The number of phenols is 1. The lowest BCUT2D eigenvalue weighted by molar-refractivity contribution is -0.115. The van der Waals surface area contributed by atoms with Gasteiger partial charge in [-0.2, -0.15) is 0 Å². The van der Waals surface area contributed by atoms with E-state index >= 15 is 0 Å². The maximum Gasteiger partial charge on any atom is 0.230 e. The van der Waals surface area contributed by atoms with Gasteiger partial charge in [0.05, 0.1) is 26.9 Å². The van der Waals surface area contributed by atoms with Crippen LogP contribution in [0.5, 0.6) is 5.75 Å². The number of halogens is 2. The molecule has 2 aromatic heterocycles. The van der Waals surface area contributed by atoms with Gasteiger partial charge in [0, 0.05) is 11.1 Å². The number of para-hydroxylation sites is 1. The topological polar surface area (TPSA) is 75.1 Å². The number of aromatic hydroxyl groups is 1. The minimum atomic E-state index is -0.777. The van der Waals surface area contributed by atoms with Gasteiger partial charge in [0.2, 0.25) is 5.91 Å². The van der Waals surface area contributed by atoms with Crippen molar-refractivity contribution in [1.82, 2.24) is 9.97 Å². The number of phenolic OH excluding ortho intramolecular Hbond substituents is 1. The third-order valence-electron chi connectivity index (χ3n) is 4.54. The Hall–Kier alpha value is -3.17. The van der Waals surface area contributed by atoms with Crippen molar-refractivity contribution in [2.75, 3.05) is 5.32 Å². The van der Waals surface area contributed by atoms with Crippen LogP contribution in [-0.2, 0) is 11.2 Å². The van der Waals surface area contributed by atoms with E-state index in [2.05, 4.69) is 15.3 Å². The van der Waals surface area contributed by atoms with Crippen LogP contribution in [0.3, 0.4) is 0 Å². The zero-order valence-electron chi connectivity index (χ0n) is 16.6. The second-order valence-electron chi connectivity index (χ2n) is 6.79. The predicted octanol–water partition coefficient (Wildman–Crippen LogP) is 5.72. The van der Waals surface area contributed by atoms with Crippen molar-refractivity contribution in [3.8, 4) is 26.8 Å². The number of carbonyl (C=O) groups excluding carboxylic acids is 1. The van der Waals surface area contributed by atoms with Crippen molar-refractivity contribution in [2.24, 2.45) is 0 Å². The predicted molar refractivity (Wildman–Crippen MR) is 118 cm³/mol. The Bertz CT molecular complexity index is 1260. The molecule has 1 amide bonds. The molecule has 4 aromatic rings. The van der Waals surface area contributed by atoms with E-state index < -0.39 is 24.0 Å². The number of aryl methyl sites for hydroxylation is 2. The summed E-state index contributed by atoms with van der Waals surface area (Å²) in [5.41, 5.74) is 1.64. The van der Waals surface area contributed by atoms with Crippen LogP contribution >= 0.6 is 22.7 Å². The second-order valence-corrected chi connectivity index (χ2v) is 8.99. The molecule has 4 rings (SSSR count). The molecule has 0 unspecified atom stereocenters. The molecule has 5 nitrogen and oxygen atoms in total. The fourth-order valence-corrected chi connectivity index (χ4v) is 5.15. The van der Waals surface area contributed by atoms with Crippen LogP contribution in [-0.4, -0.2) is 21.0 Å². The van der Waals surface area contributed by atoms with Crippen molar-refractivity contribution in [3.63, 3.8) is 0 Å². The molecule has 2 aromatic carbocycles. The lowest BCUT2D eigenvalue weighted by Crippen LogP contribution is -2.16. The average molecular weight is 458 g/mol. The molecule has 0 aliphatic rings. The first-order chi connectivity index (χ1) is 14.8. The number of nitrogens with zero attached hydrogens (tertiary/aromatic N) is 2. The number of aromatic nitrogens is 2. The smallest absolute Gasteiger partial charge is 0.230 e. The Kier molecular flexibility index (Phi) is 5.79. The summed E-state index contributed by atoms with van der Waals surface area (Å²) in [7, 11) is 0. The fraction of sp³-hybridized carbons (Fsp3) is 0.136. The number of hydrogen-bond acceptors (Lipinski definition) is 6. The molecule has 0 aliphatic carbocycles. The summed E-state index contributed by atoms with van der Waals surface area (Å²) in [4.78, 5) is 23.0.